The minimum Gasteiger partial charge on any atom is -0.316 e. The van der Waals surface area contributed by atoms with E-state index in [9.17, 15) is 4.39 Å². The Bertz CT molecular complexity index is 328. The van der Waals surface area contributed by atoms with Crippen molar-refractivity contribution in [2.75, 3.05) is 12.3 Å². The van der Waals surface area contributed by atoms with E-state index in [0.717, 1.165) is 0 Å². The topological polar surface area (TPSA) is 4.36 Å². The Morgan fingerprint density at radius 2 is 2.29 bits per heavy atom. The summed E-state index contributed by atoms with van der Waals surface area (Å²) in [5.41, 5.74) is 0.532. The lowest BCUT2D eigenvalue weighted by molar-refractivity contribution is 0.617. The summed E-state index contributed by atoms with van der Waals surface area (Å²) in [5.74, 6) is 0.975. The molecule has 0 fully saturated rings. The summed E-state index contributed by atoms with van der Waals surface area (Å²) in [4.78, 5) is 3.21. The second-order valence-electron chi connectivity index (χ2n) is 2.63. The molecular weight excluding hydrogens is 221 g/mol. The second kappa shape index (κ2) is 5.90. The molecule has 0 aromatic heterocycles. The van der Waals surface area contributed by atoms with Crippen LogP contribution in [-0.4, -0.2) is 12.3 Å². The summed E-state index contributed by atoms with van der Waals surface area (Å²) in [6.45, 7) is 7.05. The number of hydrogen-bond acceptors (Lipinski definition) is 1. The third-order valence-corrected chi connectivity index (χ3v) is 2.97. The fraction of sp³-hybridized carbons (Fsp3) is 0.300. The molecular formula is C10H9ClFNS. The van der Waals surface area contributed by atoms with Crippen LogP contribution in [0.25, 0.3) is 4.85 Å². The van der Waals surface area contributed by atoms with Crippen LogP contribution in [0.3, 0.4) is 0 Å². The predicted octanol–water partition coefficient (Wildman–Crippen LogP) is 3.63. The molecule has 1 aromatic rings. The molecule has 0 aliphatic carbocycles. The van der Waals surface area contributed by atoms with E-state index in [2.05, 4.69) is 4.85 Å². The molecule has 0 N–H and O–H groups in total. The molecule has 0 unspecified atom stereocenters. The van der Waals surface area contributed by atoms with Gasteiger partial charge in [0.15, 0.2) is 0 Å². The van der Waals surface area contributed by atoms with Crippen LogP contribution in [0.4, 0.5) is 4.39 Å². The molecule has 0 spiro atoms. The highest BCUT2D eigenvalue weighted by molar-refractivity contribution is 7.98. The van der Waals surface area contributed by atoms with Gasteiger partial charge in [-0.3, -0.25) is 0 Å². The molecule has 74 valence electrons. The molecule has 1 aromatic carbocycles. The fourth-order valence-electron chi connectivity index (χ4n) is 0.955. The molecule has 1 nitrogen and oxygen atoms in total. The van der Waals surface area contributed by atoms with E-state index in [1.165, 1.54) is 17.8 Å². The van der Waals surface area contributed by atoms with Gasteiger partial charge in [-0.25, -0.2) is 11.0 Å². The zero-order valence-electron chi connectivity index (χ0n) is 7.46. The zero-order chi connectivity index (χ0) is 10.4. The Hall–Kier alpha value is -0.720. The fourth-order valence-corrected chi connectivity index (χ4v) is 2.13. The standard InChI is InChI=1S/C10H9ClFNS/c1-13-5-6-14-7-8-9(11)3-2-4-10(8)12/h2-4H,5-7H2. The minimum atomic E-state index is -0.271. The van der Waals surface area contributed by atoms with Crippen molar-refractivity contribution in [2.45, 2.75) is 5.75 Å². The van der Waals surface area contributed by atoms with E-state index in [4.69, 9.17) is 18.2 Å². The van der Waals surface area contributed by atoms with Crippen LogP contribution in [0.15, 0.2) is 18.2 Å². The van der Waals surface area contributed by atoms with Crippen LogP contribution in [0.2, 0.25) is 5.02 Å². The second-order valence-corrected chi connectivity index (χ2v) is 4.15. The highest BCUT2D eigenvalue weighted by Gasteiger charge is 2.06. The monoisotopic (exact) mass is 229 g/mol. The Balaban J connectivity index is 2.54. The van der Waals surface area contributed by atoms with E-state index in [0.29, 0.717) is 28.6 Å². The highest BCUT2D eigenvalue weighted by atomic mass is 35.5. The molecule has 0 aliphatic rings. The molecule has 0 radical (unpaired) electrons. The van der Waals surface area contributed by atoms with Crippen molar-refractivity contribution < 1.29 is 4.39 Å². The molecule has 0 atom stereocenters. The van der Waals surface area contributed by atoms with Gasteiger partial charge in [0.1, 0.15) is 5.82 Å². The van der Waals surface area contributed by atoms with Crippen LogP contribution in [0, 0.1) is 12.4 Å². The van der Waals surface area contributed by atoms with Crippen molar-refractivity contribution in [2.24, 2.45) is 0 Å². The molecule has 0 saturated carbocycles. The number of benzene rings is 1. The summed E-state index contributed by atoms with van der Waals surface area (Å²) >= 11 is 7.35. The lowest BCUT2D eigenvalue weighted by Crippen LogP contribution is -1.91. The summed E-state index contributed by atoms with van der Waals surface area (Å²) in [6, 6.07) is 4.66. The quantitative estimate of drug-likeness (QED) is 0.564. The molecule has 0 heterocycles. The van der Waals surface area contributed by atoms with E-state index in [1.54, 1.807) is 12.1 Å². The zero-order valence-corrected chi connectivity index (χ0v) is 9.04. The van der Waals surface area contributed by atoms with Gasteiger partial charge in [0.2, 0.25) is 6.54 Å². The van der Waals surface area contributed by atoms with Crippen molar-refractivity contribution in [3.8, 4) is 0 Å². The molecule has 0 aliphatic heterocycles. The van der Waals surface area contributed by atoms with Crippen molar-refractivity contribution in [1.29, 1.82) is 0 Å². The smallest absolute Gasteiger partial charge is 0.223 e. The maximum absolute atomic E-state index is 13.2. The Morgan fingerprint density at radius 3 is 2.93 bits per heavy atom. The van der Waals surface area contributed by atoms with Gasteiger partial charge in [0.25, 0.3) is 0 Å². The molecule has 0 saturated heterocycles. The van der Waals surface area contributed by atoms with Gasteiger partial charge in [-0.05, 0) is 12.1 Å². The Labute approximate surface area is 92.1 Å². The van der Waals surface area contributed by atoms with Crippen LogP contribution in [0.5, 0.6) is 0 Å². The average Bonchev–Trinajstić information content (AvgIpc) is 2.16. The van der Waals surface area contributed by atoms with Crippen molar-refractivity contribution in [3.63, 3.8) is 0 Å². The highest BCUT2D eigenvalue weighted by Crippen LogP contribution is 2.23. The molecule has 1 rings (SSSR count). The maximum Gasteiger partial charge on any atom is 0.223 e. The van der Waals surface area contributed by atoms with Crippen LogP contribution < -0.4 is 0 Å². The Kier molecular flexibility index (Phi) is 4.78. The van der Waals surface area contributed by atoms with Crippen molar-refractivity contribution >= 4 is 23.4 Å². The summed E-state index contributed by atoms with van der Waals surface area (Å²) < 4.78 is 13.2. The molecule has 4 heteroatoms. The maximum atomic E-state index is 13.2. The van der Waals surface area contributed by atoms with Gasteiger partial charge in [-0.15, -0.1) is 11.8 Å². The van der Waals surface area contributed by atoms with Crippen LogP contribution in [0.1, 0.15) is 5.56 Å². The molecule has 0 amide bonds. The van der Waals surface area contributed by atoms with E-state index in [1.807, 2.05) is 0 Å². The van der Waals surface area contributed by atoms with E-state index >= 15 is 0 Å². The van der Waals surface area contributed by atoms with E-state index < -0.39 is 0 Å². The largest absolute Gasteiger partial charge is 0.316 e. The predicted molar refractivity (Wildman–Crippen MR) is 59.0 cm³/mol. The first-order valence-corrected chi connectivity index (χ1v) is 5.63. The van der Waals surface area contributed by atoms with Crippen LogP contribution in [-0.2, 0) is 5.75 Å². The van der Waals surface area contributed by atoms with E-state index in [-0.39, 0.29) is 5.82 Å². The molecule has 14 heavy (non-hydrogen) atoms. The van der Waals surface area contributed by atoms with Crippen LogP contribution >= 0.6 is 23.4 Å². The third kappa shape index (κ3) is 3.21. The van der Waals surface area contributed by atoms with Gasteiger partial charge in [0, 0.05) is 16.3 Å². The average molecular weight is 230 g/mol. The lowest BCUT2D eigenvalue weighted by atomic mass is 10.2. The lowest BCUT2D eigenvalue weighted by Gasteiger charge is -2.03. The Morgan fingerprint density at radius 1 is 1.50 bits per heavy atom. The molecule has 0 bridgehead atoms. The van der Waals surface area contributed by atoms with Crippen molar-refractivity contribution in [3.05, 3.63) is 46.0 Å². The first-order valence-electron chi connectivity index (χ1n) is 4.09. The first kappa shape index (κ1) is 11.4. The number of rotatable bonds is 4. The minimum absolute atomic E-state index is 0.271. The van der Waals surface area contributed by atoms with Gasteiger partial charge in [-0.2, -0.15) is 0 Å². The summed E-state index contributed by atoms with van der Waals surface area (Å²) in [6.07, 6.45) is 0. The number of thioether (sulfide) groups is 1. The third-order valence-electron chi connectivity index (χ3n) is 1.66. The van der Waals surface area contributed by atoms with Gasteiger partial charge >= 0.3 is 0 Å². The number of halogens is 2. The van der Waals surface area contributed by atoms with Gasteiger partial charge < -0.3 is 4.85 Å². The number of hydrogen-bond donors (Lipinski definition) is 0. The number of nitrogens with zero attached hydrogens (tertiary/aromatic N) is 1. The SMILES string of the molecule is [C-]#[N+]CCSCc1c(F)cccc1Cl. The first-order chi connectivity index (χ1) is 6.75. The normalized spacial score (nSPS) is 9.79. The van der Waals surface area contributed by atoms with Gasteiger partial charge in [0.05, 0.1) is 5.75 Å². The van der Waals surface area contributed by atoms with Crippen molar-refractivity contribution in [1.82, 2.24) is 0 Å². The van der Waals surface area contributed by atoms with Gasteiger partial charge in [-0.1, -0.05) is 17.7 Å². The summed E-state index contributed by atoms with van der Waals surface area (Å²) in [5, 5.41) is 0.459. The summed E-state index contributed by atoms with van der Waals surface area (Å²) in [7, 11) is 0.